The van der Waals surface area contributed by atoms with Gasteiger partial charge in [-0.25, -0.2) is 4.39 Å². The van der Waals surface area contributed by atoms with E-state index < -0.39 is 38.6 Å². The molecule has 0 atom stereocenters. The molecule has 1 aromatic carbocycles. The summed E-state index contributed by atoms with van der Waals surface area (Å²) in [5, 5.41) is 10.4. The largest absolute Gasteiger partial charge is 0.446 e. The van der Waals surface area contributed by atoms with Crippen molar-refractivity contribution in [3.05, 3.63) is 32.5 Å². The molecule has 0 saturated carbocycles. The van der Waals surface area contributed by atoms with Crippen LogP contribution >= 0.6 is 27.7 Å². The van der Waals surface area contributed by atoms with Gasteiger partial charge in [0.05, 0.1) is 14.3 Å². The number of hydrogen-bond donors (Lipinski definition) is 0. The number of thioether (sulfide) groups is 1. The molecule has 0 N–H and O–H groups in total. The Balaban J connectivity index is 3.22. The summed E-state index contributed by atoms with van der Waals surface area (Å²) in [6.07, 6.45) is 0. The highest BCUT2D eigenvalue weighted by Gasteiger charge is 2.32. The summed E-state index contributed by atoms with van der Waals surface area (Å²) in [6.45, 7) is 0. The van der Waals surface area contributed by atoms with Crippen molar-refractivity contribution in [3.8, 4) is 0 Å². The maximum absolute atomic E-state index is 13.2. The molecule has 0 bridgehead atoms. The highest BCUT2D eigenvalue weighted by Crippen LogP contribution is 2.41. The van der Waals surface area contributed by atoms with Crippen LogP contribution in [-0.2, 0) is 0 Å². The molecule has 0 fully saturated rings. The Morgan fingerprint density at radius 3 is 2.38 bits per heavy atom. The fourth-order valence-corrected chi connectivity index (χ4v) is 2.06. The van der Waals surface area contributed by atoms with Gasteiger partial charge in [0.2, 0.25) is 0 Å². The fourth-order valence-electron chi connectivity index (χ4n) is 0.855. The molecule has 0 amide bonds. The number of benzene rings is 1. The summed E-state index contributed by atoms with van der Waals surface area (Å²) >= 11 is 1.88. The van der Waals surface area contributed by atoms with Gasteiger partial charge in [-0.05, 0) is 27.7 Å². The number of nitrogens with zero attached hydrogens (tertiary/aromatic N) is 1. The average molecular weight is 320 g/mol. The first-order valence-corrected chi connectivity index (χ1v) is 5.21. The topological polar surface area (TPSA) is 43.1 Å². The maximum atomic E-state index is 13.2. The second kappa shape index (κ2) is 4.58. The number of nitro groups is 1. The molecule has 9 heteroatoms. The summed E-state index contributed by atoms with van der Waals surface area (Å²) in [6, 6.07) is 1.34. The Labute approximate surface area is 99.1 Å². The van der Waals surface area contributed by atoms with Crippen molar-refractivity contribution < 1.29 is 22.5 Å². The number of hydrogen-bond acceptors (Lipinski definition) is 3. The lowest BCUT2D eigenvalue weighted by Gasteiger charge is -2.07. The molecule has 0 aliphatic rings. The predicted molar refractivity (Wildman–Crippen MR) is 52.7 cm³/mol. The van der Waals surface area contributed by atoms with Crippen molar-refractivity contribution in [1.82, 2.24) is 0 Å². The van der Waals surface area contributed by atoms with E-state index in [0.717, 1.165) is 6.07 Å². The highest BCUT2D eigenvalue weighted by molar-refractivity contribution is 9.10. The Bertz CT molecular complexity index is 437. The number of halogens is 5. The molecule has 16 heavy (non-hydrogen) atoms. The van der Waals surface area contributed by atoms with Crippen molar-refractivity contribution in [1.29, 1.82) is 0 Å². The minimum absolute atomic E-state index is 0.381. The molecule has 0 heterocycles. The summed E-state index contributed by atoms with van der Waals surface area (Å²) < 4.78 is 48.8. The standard InChI is InChI=1S/C7H2BrF4NO2S/c8-4-1-3(13(14)15)2-5(6(4)9)16-7(10,11)12/h1-2H. The van der Waals surface area contributed by atoms with Gasteiger partial charge in [-0.15, -0.1) is 0 Å². The van der Waals surface area contributed by atoms with Gasteiger partial charge in [0.1, 0.15) is 0 Å². The van der Waals surface area contributed by atoms with Crippen molar-refractivity contribution in [2.75, 3.05) is 0 Å². The van der Waals surface area contributed by atoms with Gasteiger partial charge in [-0.2, -0.15) is 13.2 Å². The van der Waals surface area contributed by atoms with E-state index in [9.17, 15) is 27.7 Å². The molecular weight excluding hydrogens is 318 g/mol. The van der Waals surface area contributed by atoms with E-state index in [-0.39, 0.29) is 4.47 Å². The van der Waals surface area contributed by atoms with Crippen LogP contribution in [0, 0.1) is 15.9 Å². The molecule has 0 radical (unpaired) electrons. The highest BCUT2D eigenvalue weighted by atomic mass is 79.9. The third kappa shape index (κ3) is 3.34. The van der Waals surface area contributed by atoms with Gasteiger partial charge in [-0.3, -0.25) is 10.1 Å². The number of alkyl halides is 3. The SMILES string of the molecule is O=[N+]([O-])c1cc(Br)c(F)c(SC(F)(F)F)c1. The first-order valence-electron chi connectivity index (χ1n) is 3.60. The van der Waals surface area contributed by atoms with Crippen LogP contribution in [0.25, 0.3) is 0 Å². The Morgan fingerprint density at radius 1 is 1.38 bits per heavy atom. The van der Waals surface area contributed by atoms with E-state index in [2.05, 4.69) is 15.9 Å². The van der Waals surface area contributed by atoms with Crippen molar-refractivity contribution in [2.24, 2.45) is 0 Å². The molecule has 1 aromatic rings. The van der Waals surface area contributed by atoms with Gasteiger partial charge < -0.3 is 0 Å². The first kappa shape index (κ1) is 13.2. The van der Waals surface area contributed by atoms with E-state index in [1.165, 1.54) is 0 Å². The molecule has 0 aliphatic heterocycles. The van der Waals surface area contributed by atoms with Gasteiger partial charge in [-0.1, -0.05) is 0 Å². The third-order valence-corrected chi connectivity index (χ3v) is 2.74. The zero-order valence-electron chi connectivity index (χ0n) is 7.22. The average Bonchev–Trinajstić information content (AvgIpc) is 2.10. The molecule has 0 unspecified atom stereocenters. The summed E-state index contributed by atoms with van der Waals surface area (Å²) in [7, 11) is 0. The van der Waals surface area contributed by atoms with E-state index in [0.29, 0.717) is 6.07 Å². The number of non-ortho nitro benzene ring substituents is 1. The second-order valence-corrected chi connectivity index (χ2v) is 4.51. The monoisotopic (exact) mass is 319 g/mol. The normalized spacial score (nSPS) is 11.6. The minimum atomic E-state index is -4.70. The molecule has 88 valence electrons. The predicted octanol–water partition coefficient (Wildman–Crippen LogP) is 4.11. The first-order chi connectivity index (χ1) is 7.20. The Morgan fingerprint density at radius 2 is 1.94 bits per heavy atom. The van der Waals surface area contributed by atoms with Crippen molar-refractivity contribution in [3.63, 3.8) is 0 Å². The van der Waals surface area contributed by atoms with E-state index in [4.69, 9.17) is 0 Å². The van der Waals surface area contributed by atoms with Crippen LogP contribution in [0.4, 0.5) is 23.2 Å². The third-order valence-electron chi connectivity index (χ3n) is 1.42. The lowest BCUT2D eigenvalue weighted by molar-refractivity contribution is -0.385. The van der Waals surface area contributed by atoms with Crippen LogP contribution in [0.15, 0.2) is 21.5 Å². The lowest BCUT2D eigenvalue weighted by atomic mass is 10.3. The Kier molecular flexibility index (Phi) is 3.79. The molecule has 1 rings (SSSR count). The zero-order valence-corrected chi connectivity index (χ0v) is 9.62. The second-order valence-electron chi connectivity index (χ2n) is 2.54. The number of rotatable bonds is 2. The van der Waals surface area contributed by atoms with Gasteiger partial charge in [0.25, 0.3) is 5.69 Å². The molecule has 0 saturated heterocycles. The minimum Gasteiger partial charge on any atom is -0.258 e. The quantitative estimate of drug-likeness (QED) is 0.356. The molecular formula is C7H2BrF4NO2S. The van der Waals surface area contributed by atoms with Crippen LogP contribution in [0.3, 0.4) is 0 Å². The molecule has 0 spiro atoms. The fraction of sp³-hybridized carbons (Fsp3) is 0.143. The van der Waals surface area contributed by atoms with Crippen molar-refractivity contribution in [2.45, 2.75) is 10.4 Å². The molecule has 0 aliphatic carbocycles. The molecule has 0 aromatic heterocycles. The van der Waals surface area contributed by atoms with Crippen molar-refractivity contribution >= 4 is 33.4 Å². The van der Waals surface area contributed by atoms with E-state index in [1.807, 2.05) is 0 Å². The van der Waals surface area contributed by atoms with Crippen LogP contribution in [0.2, 0.25) is 0 Å². The summed E-state index contributed by atoms with van der Waals surface area (Å²) in [4.78, 5) is 8.62. The number of nitro benzene ring substituents is 1. The Hall–Kier alpha value is -0.830. The van der Waals surface area contributed by atoms with Gasteiger partial charge in [0.15, 0.2) is 5.82 Å². The summed E-state index contributed by atoms with van der Waals surface area (Å²) in [5.41, 5.74) is -5.31. The van der Waals surface area contributed by atoms with Crippen LogP contribution in [-0.4, -0.2) is 10.4 Å². The lowest BCUT2D eigenvalue weighted by Crippen LogP contribution is -2.01. The smallest absolute Gasteiger partial charge is 0.258 e. The van der Waals surface area contributed by atoms with E-state index >= 15 is 0 Å². The van der Waals surface area contributed by atoms with Gasteiger partial charge >= 0.3 is 5.51 Å². The van der Waals surface area contributed by atoms with Crippen LogP contribution in [0.5, 0.6) is 0 Å². The maximum Gasteiger partial charge on any atom is 0.446 e. The van der Waals surface area contributed by atoms with Crippen LogP contribution in [0.1, 0.15) is 0 Å². The van der Waals surface area contributed by atoms with Gasteiger partial charge in [0, 0.05) is 12.1 Å². The molecule has 3 nitrogen and oxygen atoms in total. The zero-order chi connectivity index (χ0) is 12.5. The van der Waals surface area contributed by atoms with Crippen LogP contribution < -0.4 is 0 Å². The van der Waals surface area contributed by atoms with E-state index in [1.54, 1.807) is 0 Å². The summed E-state index contributed by atoms with van der Waals surface area (Å²) in [5.74, 6) is -1.17.